The summed E-state index contributed by atoms with van der Waals surface area (Å²) in [5.74, 6) is 2.15. The van der Waals surface area contributed by atoms with Gasteiger partial charge in [-0.05, 0) is 42.6 Å². The molecule has 3 aromatic heterocycles. The molecule has 27 heavy (non-hydrogen) atoms. The van der Waals surface area contributed by atoms with E-state index in [0.717, 1.165) is 23.0 Å². The molecule has 0 unspecified atom stereocenters. The van der Waals surface area contributed by atoms with Crippen LogP contribution < -0.4 is 10.6 Å². The van der Waals surface area contributed by atoms with Crippen molar-refractivity contribution < 1.29 is 4.79 Å². The van der Waals surface area contributed by atoms with Gasteiger partial charge >= 0.3 is 0 Å². The summed E-state index contributed by atoms with van der Waals surface area (Å²) in [4.78, 5) is 25.5. The van der Waals surface area contributed by atoms with E-state index in [0.29, 0.717) is 10.7 Å². The second-order valence-electron chi connectivity index (χ2n) is 5.74. The van der Waals surface area contributed by atoms with Crippen LogP contribution in [0, 0.1) is 6.92 Å². The van der Waals surface area contributed by atoms with Crippen molar-refractivity contribution in [1.29, 1.82) is 0 Å². The molecule has 0 aliphatic rings. The van der Waals surface area contributed by atoms with Gasteiger partial charge in [0.1, 0.15) is 23.8 Å². The molecule has 4 rings (SSSR count). The molecular weight excluding hydrogens is 360 g/mol. The summed E-state index contributed by atoms with van der Waals surface area (Å²) in [6.07, 6.45) is 5.09. The van der Waals surface area contributed by atoms with Gasteiger partial charge in [-0.1, -0.05) is 6.07 Å². The van der Waals surface area contributed by atoms with Crippen LogP contribution in [0.25, 0.3) is 5.82 Å². The average Bonchev–Trinajstić information content (AvgIpc) is 3.35. The number of hydrogen-bond donors (Lipinski definition) is 2. The number of benzene rings is 1. The summed E-state index contributed by atoms with van der Waals surface area (Å²) < 4.78 is 1.88. The average molecular weight is 376 g/mol. The number of anilines is 3. The molecule has 8 heteroatoms. The quantitative estimate of drug-likeness (QED) is 0.549. The maximum Gasteiger partial charge on any atom is 0.265 e. The number of rotatable bonds is 5. The number of aromatic nitrogens is 4. The minimum atomic E-state index is -0.109. The van der Waals surface area contributed by atoms with Gasteiger partial charge < -0.3 is 10.6 Å². The third kappa shape index (κ3) is 3.85. The van der Waals surface area contributed by atoms with Gasteiger partial charge in [0.05, 0.1) is 4.88 Å². The number of carbonyl (C=O) groups is 1. The minimum Gasteiger partial charge on any atom is -0.340 e. The van der Waals surface area contributed by atoms with Crippen LogP contribution in [0.1, 0.15) is 15.5 Å². The minimum absolute atomic E-state index is 0.109. The highest BCUT2D eigenvalue weighted by atomic mass is 32.1. The number of carbonyl (C=O) groups excluding carboxylic acids is 1. The van der Waals surface area contributed by atoms with Crippen LogP contribution in [-0.2, 0) is 0 Å². The summed E-state index contributed by atoms with van der Waals surface area (Å²) >= 11 is 1.41. The molecule has 7 nitrogen and oxygen atoms in total. The van der Waals surface area contributed by atoms with E-state index in [1.165, 1.54) is 17.7 Å². The van der Waals surface area contributed by atoms with E-state index in [1.807, 2.05) is 59.5 Å². The van der Waals surface area contributed by atoms with Gasteiger partial charge in [-0.15, -0.1) is 11.3 Å². The number of hydrogen-bond acceptors (Lipinski definition) is 6. The van der Waals surface area contributed by atoms with Crippen molar-refractivity contribution >= 4 is 34.4 Å². The van der Waals surface area contributed by atoms with Crippen molar-refractivity contribution in [2.24, 2.45) is 0 Å². The Morgan fingerprint density at radius 1 is 1.07 bits per heavy atom. The number of imidazole rings is 1. The molecule has 0 saturated carbocycles. The van der Waals surface area contributed by atoms with Crippen LogP contribution in [0.4, 0.5) is 17.2 Å². The first-order valence-electron chi connectivity index (χ1n) is 8.23. The van der Waals surface area contributed by atoms with E-state index >= 15 is 0 Å². The lowest BCUT2D eigenvalue weighted by atomic mass is 10.2. The number of amides is 1. The van der Waals surface area contributed by atoms with Crippen LogP contribution in [0.3, 0.4) is 0 Å². The second-order valence-corrected chi connectivity index (χ2v) is 6.69. The Morgan fingerprint density at radius 3 is 2.59 bits per heavy atom. The zero-order chi connectivity index (χ0) is 18.6. The number of nitrogens with zero attached hydrogens (tertiary/aromatic N) is 4. The van der Waals surface area contributed by atoms with Crippen molar-refractivity contribution in [1.82, 2.24) is 19.5 Å². The standard InChI is InChI=1S/C19H16N6OS/c1-13-20-8-9-25(13)18-11-17(21-12-22-18)23-14-4-6-15(7-5-14)24-19(26)16-3-2-10-27-16/h2-12H,1H3,(H,24,26)(H,21,22,23). The van der Waals surface area contributed by atoms with Gasteiger partial charge in [-0.2, -0.15) is 0 Å². The van der Waals surface area contributed by atoms with Crippen LogP contribution >= 0.6 is 11.3 Å². The third-order valence-electron chi connectivity index (χ3n) is 3.89. The first-order chi connectivity index (χ1) is 13.2. The van der Waals surface area contributed by atoms with Gasteiger partial charge in [0.25, 0.3) is 5.91 Å². The Morgan fingerprint density at radius 2 is 1.89 bits per heavy atom. The topological polar surface area (TPSA) is 84.7 Å². The van der Waals surface area contributed by atoms with E-state index in [1.54, 1.807) is 12.3 Å². The first-order valence-corrected chi connectivity index (χ1v) is 9.11. The lowest BCUT2D eigenvalue weighted by molar-refractivity contribution is 0.103. The second kappa shape index (κ2) is 7.38. The lowest BCUT2D eigenvalue weighted by Crippen LogP contribution is -2.09. The van der Waals surface area contributed by atoms with Gasteiger partial charge in [-0.3, -0.25) is 9.36 Å². The van der Waals surface area contributed by atoms with Crippen molar-refractivity contribution in [2.75, 3.05) is 10.6 Å². The summed E-state index contributed by atoms with van der Waals surface area (Å²) in [5.41, 5.74) is 1.59. The molecule has 1 aromatic carbocycles. The van der Waals surface area contributed by atoms with E-state index in [2.05, 4.69) is 25.6 Å². The third-order valence-corrected chi connectivity index (χ3v) is 4.75. The Kier molecular flexibility index (Phi) is 4.63. The molecule has 0 aliphatic heterocycles. The maximum absolute atomic E-state index is 12.1. The van der Waals surface area contributed by atoms with Crippen molar-refractivity contribution in [3.8, 4) is 5.82 Å². The Bertz CT molecular complexity index is 1060. The lowest BCUT2D eigenvalue weighted by Gasteiger charge is -2.09. The zero-order valence-electron chi connectivity index (χ0n) is 14.5. The molecule has 0 aliphatic carbocycles. The highest BCUT2D eigenvalue weighted by Gasteiger charge is 2.07. The molecule has 1 amide bonds. The highest BCUT2D eigenvalue weighted by molar-refractivity contribution is 7.12. The molecular formula is C19H16N6OS. The monoisotopic (exact) mass is 376 g/mol. The van der Waals surface area contributed by atoms with Crippen molar-refractivity contribution in [2.45, 2.75) is 6.92 Å². The Balaban J connectivity index is 1.46. The van der Waals surface area contributed by atoms with Crippen molar-refractivity contribution in [3.63, 3.8) is 0 Å². The van der Waals surface area contributed by atoms with E-state index in [-0.39, 0.29) is 5.91 Å². The van der Waals surface area contributed by atoms with E-state index in [4.69, 9.17) is 0 Å². The zero-order valence-corrected chi connectivity index (χ0v) is 15.3. The van der Waals surface area contributed by atoms with Gasteiger partial charge in [0, 0.05) is 29.8 Å². The van der Waals surface area contributed by atoms with Crippen molar-refractivity contribution in [3.05, 3.63) is 77.3 Å². The van der Waals surface area contributed by atoms with Crippen LogP contribution in [0.5, 0.6) is 0 Å². The molecule has 0 spiro atoms. The van der Waals surface area contributed by atoms with E-state index < -0.39 is 0 Å². The largest absolute Gasteiger partial charge is 0.340 e. The van der Waals surface area contributed by atoms with E-state index in [9.17, 15) is 4.79 Å². The Labute approximate surface area is 159 Å². The van der Waals surface area contributed by atoms with Gasteiger partial charge in [0.2, 0.25) is 0 Å². The predicted molar refractivity (Wildman–Crippen MR) is 106 cm³/mol. The molecule has 0 saturated heterocycles. The number of aryl methyl sites for hydroxylation is 1. The predicted octanol–water partition coefficient (Wildman–Crippen LogP) is 4.03. The van der Waals surface area contributed by atoms with Crippen LogP contribution in [-0.4, -0.2) is 25.4 Å². The molecule has 4 aromatic rings. The molecule has 0 fully saturated rings. The van der Waals surface area contributed by atoms with Gasteiger partial charge in [-0.25, -0.2) is 15.0 Å². The smallest absolute Gasteiger partial charge is 0.265 e. The highest BCUT2D eigenvalue weighted by Crippen LogP contribution is 2.20. The number of nitrogens with one attached hydrogen (secondary N) is 2. The Hall–Kier alpha value is -3.52. The number of thiophene rings is 1. The summed E-state index contributed by atoms with van der Waals surface area (Å²) in [7, 11) is 0. The molecule has 2 N–H and O–H groups in total. The molecule has 134 valence electrons. The molecule has 0 bridgehead atoms. The first kappa shape index (κ1) is 16.9. The fourth-order valence-electron chi connectivity index (χ4n) is 2.55. The fraction of sp³-hybridized carbons (Fsp3) is 0.0526. The van der Waals surface area contributed by atoms with Gasteiger partial charge in [0.15, 0.2) is 0 Å². The fourth-order valence-corrected chi connectivity index (χ4v) is 3.17. The molecule has 3 heterocycles. The van der Waals surface area contributed by atoms with Crippen LogP contribution in [0.2, 0.25) is 0 Å². The summed E-state index contributed by atoms with van der Waals surface area (Å²) in [6.45, 7) is 1.92. The SMILES string of the molecule is Cc1nccn1-c1cc(Nc2ccc(NC(=O)c3cccs3)cc2)ncn1. The molecule has 0 atom stereocenters. The maximum atomic E-state index is 12.1. The van der Waals surface area contributed by atoms with Crippen LogP contribution in [0.15, 0.2) is 66.6 Å². The summed E-state index contributed by atoms with van der Waals surface area (Å²) in [6, 6.07) is 13.0. The summed E-state index contributed by atoms with van der Waals surface area (Å²) in [5, 5.41) is 7.99. The molecule has 0 radical (unpaired) electrons. The normalized spacial score (nSPS) is 10.6.